The number of nitrogens with one attached hydrogen (secondary N) is 1. The molecule has 5 N–H and O–H groups in total. The zero-order chi connectivity index (χ0) is 20.8. The van der Waals surface area contributed by atoms with Gasteiger partial charge in [0.05, 0.1) is 44.9 Å². The average molecular weight is 405 g/mol. The lowest BCUT2D eigenvalue weighted by molar-refractivity contribution is -0.907. The van der Waals surface area contributed by atoms with E-state index in [-0.39, 0.29) is 36.1 Å². The monoisotopic (exact) mass is 404 g/mol. The zero-order valence-corrected chi connectivity index (χ0v) is 17.1. The lowest BCUT2D eigenvalue weighted by atomic mass is 9.96. The number of nitrogens with two attached hydrogens (primary N) is 2. The van der Waals surface area contributed by atoms with Gasteiger partial charge in [0.1, 0.15) is 5.75 Å². The van der Waals surface area contributed by atoms with Gasteiger partial charge in [0.25, 0.3) is 5.91 Å². The maximum absolute atomic E-state index is 12.7. The third-order valence-electron chi connectivity index (χ3n) is 5.87. The Kier molecular flexibility index (Phi) is 7.22. The molecule has 0 aromatic heterocycles. The Hall–Kier alpha value is -2.45. The van der Waals surface area contributed by atoms with Crippen LogP contribution < -0.4 is 25.6 Å². The number of ether oxygens (including phenoxy) is 1. The van der Waals surface area contributed by atoms with Crippen LogP contribution >= 0.6 is 0 Å². The molecule has 0 spiro atoms. The van der Waals surface area contributed by atoms with E-state index < -0.39 is 0 Å². The number of rotatable bonds is 9. The van der Waals surface area contributed by atoms with Gasteiger partial charge in [0.15, 0.2) is 6.04 Å². The van der Waals surface area contributed by atoms with Crippen LogP contribution in [-0.2, 0) is 14.4 Å². The standard InChI is InChI=1S/C21H30N4O4/c1-2-29-17-6-4-16(5-7-17)25-19(26)14-18(21(25)28)23-10-3-11-24-12-8-15(9-13-24)20(22)27/h4-7,15,18,23H,2-3,8-14H2,1H3,(H2,22,27)/p+2/t18-/m0/s1. The first-order chi connectivity index (χ1) is 14.0. The molecule has 2 aliphatic heterocycles. The minimum absolute atomic E-state index is 0.0287. The van der Waals surface area contributed by atoms with Crippen molar-refractivity contribution >= 4 is 23.4 Å². The van der Waals surface area contributed by atoms with Crippen molar-refractivity contribution in [3.8, 4) is 5.75 Å². The first-order valence-electron chi connectivity index (χ1n) is 10.6. The molecule has 1 aromatic rings. The summed E-state index contributed by atoms with van der Waals surface area (Å²) in [6.45, 7) is 6.25. The Balaban J connectivity index is 1.42. The SMILES string of the molecule is CCOc1ccc(N2C(=O)C[C@H]([NH2+]CCC[NH+]3CCC(C(N)=O)CC3)C2=O)cc1. The molecule has 29 heavy (non-hydrogen) atoms. The van der Waals surface area contributed by atoms with Gasteiger partial charge in [0, 0.05) is 25.2 Å². The Labute approximate surface area is 171 Å². The van der Waals surface area contributed by atoms with Crippen molar-refractivity contribution in [2.24, 2.45) is 11.7 Å². The van der Waals surface area contributed by atoms with Crippen LogP contribution in [0.4, 0.5) is 5.69 Å². The van der Waals surface area contributed by atoms with Crippen LogP contribution in [0, 0.1) is 5.92 Å². The van der Waals surface area contributed by atoms with Crippen LogP contribution in [0.5, 0.6) is 5.75 Å². The molecule has 0 radical (unpaired) electrons. The molecule has 1 aromatic carbocycles. The maximum atomic E-state index is 12.7. The van der Waals surface area contributed by atoms with Crippen LogP contribution in [0.2, 0.25) is 0 Å². The minimum atomic E-state index is -0.343. The summed E-state index contributed by atoms with van der Waals surface area (Å²) in [5.74, 6) is 0.272. The zero-order valence-electron chi connectivity index (χ0n) is 17.1. The molecule has 0 bridgehead atoms. The van der Waals surface area contributed by atoms with E-state index in [2.05, 4.69) is 0 Å². The number of amides is 3. The summed E-state index contributed by atoms with van der Waals surface area (Å²) >= 11 is 0. The van der Waals surface area contributed by atoms with E-state index in [1.807, 2.05) is 12.2 Å². The Morgan fingerprint density at radius 3 is 2.55 bits per heavy atom. The fourth-order valence-corrected chi connectivity index (χ4v) is 4.20. The summed E-state index contributed by atoms with van der Waals surface area (Å²) in [5, 5.41) is 1.99. The predicted molar refractivity (Wildman–Crippen MR) is 107 cm³/mol. The molecule has 2 fully saturated rings. The fraction of sp³-hybridized carbons (Fsp3) is 0.571. The summed E-state index contributed by atoms with van der Waals surface area (Å²) in [6.07, 6.45) is 2.93. The first kappa shape index (κ1) is 21.3. The summed E-state index contributed by atoms with van der Waals surface area (Å²) in [4.78, 5) is 39.1. The highest BCUT2D eigenvalue weighted by Crippen LogP contribution is 2.24. The van der Waals surface area contributed by atoms with E-state index >= 15 is 0 Å². The van der Waals surface area contributed by atoms with Crippen molar-refractivity contribution < 1.29 is 29.3 Å². The number of primary amides is 1. The number of hydrogen-bond acceptors (Lipinski definition) is 4. The molecular weight excluding hydrogens is 372 g/mol. The molecule has 0 unspecified atom stereocenters. The van der Waals surface area contributed by atoms with E-state index in [1.54, 1.807) is 24.3 Å². The summed E-state index contributed by atoms with van der Waals surface area (Å²) in [5.41, 5.74) is 5.98. The molecule has 0 aliphatic carbocycles. The number of nitrogens with zero attached hydrogens (tertiary/aromatic N) is 1. The highest BCUT2D eigenvalue weighted by atomic mass is 16.5. The van der Waals surface area contributed by atoms with Crippen molar-refractivity contribution in [1.82, 2.24) is 0 Å². The second kappa shape index (κ2) is 9.84. The van der Waals surface area contributed by atoms with Gasteiger partial charge in [-0.05, 0) is 31.2 Å². The van der Waals surface area contributed by atoms with E-state index in [4.69, 9.17) is 10.5 Å². The minimum Gasteiger partial charge on any atom is -0.494 e. The number of anilines is 1. The lowest BCUT2D eigenvalue weighted by Crippen LogP contribution is -3.13. The van der Waals surface area contributed by atoms with Crippen LogP contribution in [0.25, 0.3) is 0 Å². The molecule has 2 heterocycles. The second-order valence-electron chi connectivity index (χ2n) is 7.86. The maximum Gasteiger partial charge on any atom is 0.292 e. The predicted octanol–water partition coefficient (Wildman–Crippen LogP) is -1.55. The molecular formula is C21H32N4O4+2. The van der Waals surface area contributed by atoms with Gasteiger partial charge in [-0.2, -0.15) is 0 Å². The van der Waals surface area contributed by atoms with Gasteiger partial charge in [0.2, 0.25) is 11.8 Å². The van der Waals surface area contributed by atoms with Crippen molar-refractivity contribution in [3.05, 3.63) is 24.3 Å². The molecule has 3 amide bonds. The van der Waals surface area contributed by atoms with Crippen LogP contribution in [0.1, 0.15) is 32.6 Å². The number of hydrogen-bond donors (Lipinski definition) is 3. The van der Waals surface area contributed by atoms with Gasteiger partial charge < -0.3 is 20.7 Å². The number of benzene rings is 1. The van der Waals surface area contributed by atoms with Crippen molar-refractivity contribution in [2.75, 3.05) is 37.7 Å². The normalized spacial score (nSPS) is 24.7. The van der Waals surface area contributed by atoms with Crippen LogP contribution in [0.15, 0.2) is 24.3 Å². The van der Waals surface area contributed by atoms with Crippen LogP contribution in [-0.4, -0.2) is 56.5 Å². The Morgan fingerprint density at radius 1 is 1.24 bits per heavy atom. The molecule has 2 saturated heterocycles. The number of imide groups is 1. The highest BCUT2D eigenvalue weighted by Gasteiger charge is 2.42. The van der Waals surface area contributed by atoms with Gasteiger partial charge in [-0.1, -0.05) is 0 Å². The third kappa shape index (κ3) is 5.33. The van der Waals surface area contributed by atoms with E-state index in [0.717, 1.165) is 51.2 Å². The fourth-order valence-electron chi connectivity index (χ4n) is 4.20. The quantitative estimate of drug-likeness (QED) is 0.342. The number of quaternary nitrogens is 2. The van der Waals surface area contributed by atoms with E-state index in [1.165, 1.54) is 9.80 Å². The van der Waals surface area contributed by atoms with Gasteiger partial charge in [-0.3, -0.25) is 14.4 Å². The summed E-state index contributed by atoms with van der Waals surface area (Å²) in [7, 11) is 0. The van der Waals surface area contributed by atoms with Gasteiger partial charge >= 0.3 is 0 Å². The molecule has 2 aliphatic rings. The van der Waals surface area contributed by atoms with Crippen LogP contribution in [0.3, 0.4) is 0 Å². The molecule has 8 heteroatoms. The molecule has 1 atom stereocenters. The molecule has 8 nitrogen and oxygen atoms in total. The Bertz CT molecular complexity index is 729. The highest BCUT2D eigenvalue weighted by molar-refractivity contribution is 6.21. The molecule has 0 saturated carbocycles. The number of piperidine rings is 1. The van der Waals surface area contributed by atoms with E-state index in [9.17, 15) is 14.4 Å². The topological polar surface area (TPSA) is 111 Å². The lowest BCUT2D eigenvalue weighted by Gasteiger charge is -2.27. The number of carbonyl (C=O) groups is 3. The van der Waals surface area contributed by atoms with Crippen molar-refractivity contribution in [3.63, 3.8) is 0 Å². The summed E-state index contributed by atoms with van der Waals surface area (Å²) in [6, 6.07) is 6.72. The molecule has 3 rings (SSSR count). The van der Waals surface area contributed by atoms with Crippen molar-refractivity contribution in [2.45, 2.75) is 38.6 Å². The summed E-state index contributed by atoms with van der Waals surface area (Å²) < 4.78 is 5.41. The van der Waals surface area contributed by atoms with Crippen molar-refractivity contribution in [1.29, 1.82) is 0 Å². The third-order valence-corrected chi connectivity index (χ3v) is 5.87. The molecule has 158 valence electrons. The number of likely N-dealkylation sites (tertiary alicyclic amines) is 1. The average Bonchev–Trinajstić information content (AvgIpc) is 3.00. The second-order valence-corrected chi connectivity index (χ2v) is 7.86. The number of carbonyl (C=O) groups excluding carboxylic acids is 3. The smallest absolute Gasteiger partial charge is 0.292 e. The van der Waals surface area contributed by atoms with Gasteiger partial charge in [-0.25, -0.2) is 4.90 Å². The Morgan fingerprint density at radius 2 is 1.93 bits per heavy atom. The first-order valence-corrected chi connectivity index (χ1v) is 10.6. The van der Waals surface area contributed by atoms with Gasteiger partial charge in [-0.15, -0.1) is 0 Å². The largest absolute Gasteiger partial charge is 0.494 e. The van der Waals surface area contributed by atoms with E-state index in [0.29, 0.717) is 12.3 Å².